The molecule has 1 aliphatic rings. The van der Waals surface area contributed by atoms with Crippen LogP contribution in [-0.4, -0.2) is 26.6 Å². The Hall–Kier alpha value is -2.05. The number of fused-ring (bicyclic) bond motifs is 1. The molecule has 0 radical (unpaired) electrons. The minimum Gasteiger partial charge on any atom is -0.322 e. The number of nitrogens with zero attached hydrogens (tertiary/aromatic N) is 1. The summed E-state index contributed by atoms with van der Waals surface area (Å²) in [5.41, 5.74) is 3.56. The summed E-state index contributed by atoms with van der Waals surface area (Å²) in [7, 11) is -3.34. The van der Waals surface area contributed by atoms with Crippen molar-refractivity contribution in [3.63, 3.8) is 0 Å². The predicted molar refractivity (Wildman–Crippen MR) is 101 cm³/mol. The van der Waals surface area contributed by atoms with Gasteiger partial charge in [0, 0.05) is 22.3 Å². The Balaban J connectivity index is 1.89. The molecule has 0 saturated heterocycles. The van der Waals surface area contributed by atoms with E-state index in [1.54, 1.807) is 30.3 Å². The molecule has 3 rings (SSSR count). The molecule has 1 N–H and O–H groups in total. The normalized spacial score (nSPS) is 16.6. The van der Waals surface area contributed by atoms with E-state index < -0.39 is 10.0 Å². The molecule has 5 nitrogen and oxygen atoms in total. The van der Waals surface area contributed by atoms with E-state index in [0.29, 0.717) is 28.4 Å². The number of anilines is 2. The van der Waals surface area contributed by atoms with Gasteiger partial charge in [-0.1, -0.05) is 17.7 Å². The first-order chi connectivity index (χ1) is 11.7. The highest BCUT2D eigenvalue weighted by atomic mass is 35.5. The summed E-state index contributed by atoms with van der Waals surface area (Å²) in [5.74, 6) is -0.251. The second-order valence-corrected chi connectivity index (χ2v) is 8.66. The molecule has 0 aliphatic carbocycles. The molecule has 0 fully saturated rings. The highest BCUT2D eigenvalue weighted by Gasteiger charge is 2.32. The fraction of sp³-hybridized carbons (Fsp3) is 0.278. The number of hydrogen-bond acceptors (Lipinski definition) is 3. The Morgan fingerprint density at radius 3 is 2.64 bits per heavy atom. The highest BCUT2D eigenvalue weighted by Crippen LogP contribution is 2.35. The van der Waals surface area contributed by atoms with E-state index >= 15 is 0 Å². The Morgan fingerprint density at radius 2 is 1.96 bits per heavy atom. The van der Waals surface area contributed by atoms with Crippen LogP contribution in [0.3, 0.4) is 0 Å². The molecule has 1 atom stereocenters. The summed E-state index contributed by atoms with van der Waals surface area (Å²) in [4.78, 5) is 12.6. The smallest absolute Gasteiger partial charge is 0.255 e. The summed E-state index contributed by atoms with van der Waals surface area (Å²) >= 11 is 5.98. The first-order valence-electron chi connectivity index (χ1n) is 7.86. The van der Waals surface area contributed by atoms with Crippen LogP contribution in [0.25, 0.3) is 0 Å². The molecule has 0 unspecified atom stereocenters. The first kappa shape index (κ1) is 17.8. The van der Waals surface area contributed by atoms with Crippen molar-refractivity contribution in [1.29, 1.82) is 0 Å². The van der Waals surface area contributed by atoms with Crippen LogP contribution in [0.15, 0.2) is 36.4 Å². The van der Waals surface area contributed by atoms with E-state index in [-0.39, 0.29) is 11.9 Å². The lowest BCUT2D eigenvalue weighted by Crippen LogP contribution is -2.34. The summed E-state index contributed by atoms with van der Waals surface area (Å²) < 4.78 is 25.3. The number of aryl methyl sites for hydroxylation is 1. The van der Waals surface area contributed by atoms with Gasteiger partial charge in [-0.3, -0.25) is 9.10 Å². The number of sulfonamides is 1. The number of halogens is 1. The topological polar surface area (TPSA) is 66.5 Å². The van der Waals surface area contributed by atoms with Gasteiger partial charge in [0.05, 0.1) is 11.9 Å². The molecule has 0 bridgehead atoms. The van der Waals surface area contributed by atoms with Crippen molar-refractivity contribution < 1.29 is 13.2 Å². The SMILES string of the molecule is Cc1ccc(Cl)cc1NC(=O)c1ccc2c(c1)C[C@@H](C)N2S(C)(=O)=O. The van der Waals surface area contributed by atoms with Crippen molar-refractivity contribution >= 4 is 38.9 Å². The number of carbonyl (C=O) groups is 1. The van der Waals surface area contributed by atoms with E-state index in [4.69, 9.17) is 11.6 Å². The van der Waals surface area contributed by atoms with E-state index in [0.717, 1.165) is 11.1 Å². The number of benzene rings is 2. The van der Waals surface area contributed by atoms with Gasteiger partial charge in [0.25, 0.3) is 5.91 Å². The van der Waals surface area contributed by atoms with Gasteiger partial charge in [0.1, 0.15) is 0 Å². The van der Waals surface area contributed by atoms with Gasteiger partial charge in [-0.2, -0.15) is 0 Å². The molecule has 1 aliphatic heterocycles. The van der Waals surface area contributed by atoms with E-state index in [9.17, 15) is 13.2 Å². The van der Waals surface area contributed by atoms with Crippen LogP contribution in [0.4, 0.5) is 11.4 Å². The zero-order valence-corrected chi connectivity index (χ0v) is 15.8. The van der Waals surface area contributed by atoms with Crippen molar-refractivity contribution in [2.75, 3.05) is 15.9 Å². The molecule has 132 valence electrons. The quantitative estimate of drug-likeness (QED) is 0.887. The summed E-state index contributed by atoms with van der Waals surface area (Å²) in [5, 5.41) is 3.40. The van der Waals surface area contributed by atoms with E-state index in [2.05, 4.69) is 5.32 Å². The Labute approximate surface area is 152 Å². The van der Waals surface area contributed by atoms with Crippen LogP contribution in [-0.2, 0) is 16.4 Å². The monoisotopic (exact) mass is 378 g/mol. The molecule has 25 heavy (non-hydrogen) atoms. The maximum Gasteiger partial charge on any atom is 0.255 e. The van der Waals surface area contributed by atoms with Gasteiger partial charge in [0.2, 0.25) is 10.0 Å². The Morgan fingerprint density at radius 1 is 1.24 bits per heavy atom. The standard InChI is InChI=1S/C18H19ClN2O3S/c1-11-4-6-15(19)10-16(11)20-18(22)13-5-7-17-14(9-13)8-12(2)21(17)25(3,23)24/h4-7,9-10,12H,8H2,1-3H3,(H,20,22)/t12-/m1/s1. The van der Waals surface area contributed by atoms with Crippen LogP contribution in [0.5, 0.6) is 0 Å². The van der Waals surface area contributed by atoms with Crippen molar-refractivity contribution in [2.24, 2.45) is 0 Å². The lowest BCUT2D eigenvalue weighted by Gasteiger charge is -2.21. The van der Waals surface area contributed by atoms with Gasteiger partial charge in [-0.05, 0) is 61.7 Å². The number of carbonyl (C=O) groups excluding carboxylic acids is 1. The Bertz CT molecular complexity index is 957. The number of rotatable bonds is 3. The van der Waals surface area contributed by atoms with Crippen LogP contribution in [0.2, 0.25) is 5.02 Å². The van der Waals surface area contributed by atoms with Crippen LogP contribution < -0.4 is 9.62 Å². The largest absolute Gasteiger partial charge is 0.322 e. The third-order valence-corrected chi connectivity index (χ3v) is 5.81. The first-order valence-corrected chi connectivity index (χ1v) is 10.1. The Kier molecular flexibility index (Phi) is 4.51. The highest BCUT2D eigenvalue weighted by molar-refractivity contribution is 7.92. The average molecular weight is 379 g/mol. The third-order valence-electron chi connectivity index (χ3n) is 4.30. The van der Waals surface area contributed by atoms with Crippen LogP contribution in [0, 0.1) is 6.92 Å². The second kappa shape index (κ2) is 6.35. The number of nitrogens with one attached hydrogen (secondary N) is 1. The average Bonchev–Trinajstić information content (AvgIpc) is 2.85. The fourth-order valence-corrected chi connectivity index (χ4v) is 4.61. The molecule has 7 heteroatoms. The zero-order chi connectivity index (χ0) is 18.4. The maximum absolute atomic E-state index is 12.6. The van der Waals surface area contributed by atoms with Gasteiger partial charge in [-0.15, -0.1) is 0 Å². The van der Waals surface area contributed by atoms with Crippen LogP contribution in [0.1, 0.15) is 28.4 Å². The van der Waals surface area contributed by atoms with Gasteiger partial charge in [0.15, 0.2) is 0 Å². The zero-order valence-electron chi connectivity index (χ0n) is 14.2. The molecule has 2 aromatic rings. The van der Waals surface area contributed by atoms with Crippen molar-refractivity contribution in [1.82, 2.24) is 0 Å². The minimum atomic E-state index is -3.34. The number of amides is 1. The van der Waals surface area contributed by atoms with Gasteiger partial charge in [-0.25, -0.2) is 8.42 Å². The fourth-order valence-electron chi connectivity index (χ4n) is 3.17. The lowest BCUT2D eigenvalue weighted by molar-refractivity contribution is 0.102. The summed E-state index contributed by atoms with van der Waals surface area (Å²) in [6.07, 6.45) is 1.78. The molecule has 1 heterocycles. The number of hydrogen-bond donors (Lipinski definition) is 1. The molecule has 0 spiro atoms. The summed E-state index contributed by atoms with van der Waals surface area (Å²) in [6, 6.07) is 10.2. The lowest BCUT2D eigenvalue weighted by atomic mass is 10.1. The summed E-state index contributed by atoms with van der Waals surface area (Å²) in [6.45, 7) is 3.75. The molecular weight excluding hydrogens is 360 g/mol. The third kappa shape index (κ3) is 3.50. The molecule has 2 aromatic carbocycles. The molecule has 0 aromatic heterocycles. The van der Waals surface area contributed by atoms with Crippen molar-refractivity contribution in [2.45, 2.75) is 26.3 Å². The van der Waals surface area contributed by atoms with Gasteiger partial charge >= 0.3 is 0 Å². The predicted octanol–water partition coefficient (Wildman–Crippen LogP) is 3.61. The maximum atomic E-state index is 12.6. The van der Waals surface area contributed by atoms with Crippen molar-refractivity contribution in [3.05, 3.63) is 58.1 Å². The van der Waals surface area contributed by atoms with Crippen LogP contribution >= 0.6 is 11.6 Å². The minimum absolute atomic E-state index is 0.154. The molecule has 1 amide bonds. The molecule has 0 saturated carbocycles. The molecular formula is C18H19ClN2O3S. The second-order valence-electron chi connectivity index (χ2n) is 6.37. The van der Waals surface area contributed by atoms with Crippen molar-refractivity contribution in [3.8, 4) is 0 Å². The van der Waals surface area contributed by atoms with E-state index in [1.165, 1.54) is 10.6 Å². The van der Waals surface area contributed by atoms with E-state index in [1.807, 2.05) is 19.9 Å². The van der Waals surface area contributed by atoms with Gasteiger partial charge < -0.3 is 5.32 Å².